The number of carbonyl (C=O) groups excluding carboxylic acids is 1. The lowest BCUT2D eigenvalue weighted by atomic mass is 9.99. The molecule has 1 amide bonds. The first-order valence-electron chi connectivity index (χ1n) is 9.44. The summed E-state index contributed by atoms with van der Waals surface area (Å²) in [5.74, 6) is -0.134. The van der Waals surface area contributed by atoms with Crippen LogP contribution in [0.15, 0.2) is 62.2 Å². The Morgan fingerprint density at radius 3 is 2.50 bits per heavy atom. The second-order valence-corrected chi connectivity index (χ2v) is 9.28. The van der Waals surface area contributed by atoms with Gasteiger partial charge in [-0.15, -0.1) is 10.2 Å². The molecule has 0 bridgehead atoms. The third-order valence-corrected chi connectivity index (χ3v) is 6.85. The van der Waals surface area contributed by atoms with Crippen molar-refractivity contribution in [3.8, 4) is 0 Å². The van der Waals surface area contributed by atoms with Crippen molar-refractivity contribution in [2.45, 2.75) is 25.8 Å². The predicted molar refractivity (Wildman–Crippen MR) is 119 cm³/mol. The first kappa shape index (κ1) is 19.1. The fourth-order valence-corrected chi connectivity index (χ4v) is 4.77. The van der Waals surface area contributed by atoms with Gasteiger partial charge in [0.15, 0.2) is 5.43 Å². The Morgan fingerprint density at radius 2 is 1.80 bits per heavy atom. The Bertz CT molecular complexity index is 1340. The standard InChI is InChI=1S/C22H16BrN3O3S/c1-11(2)20-24-25-22(30-20)26-17(12-7-9-13(23)10-8-12)16-18(27)14-5-3-4-6-15(14)29-19(16)21(26)28/h3-11,17H,1-2H3/t17-/m1/s1. The topological polar surface area (TPSA) is 76.3 Å². The van der Waals surface area contributed by atoms with Crippen LogP contribution in [0, 0.1) is 0 Å². The lowest BCUT2D eigenvalue weighted by Crippen LogP contribution is -2.29. The van der Waals surface area contributed by atoms with Crippen LogP contribution in [-0.2, 0) is 0 Å². The zero-order chi connectivity index (χ0) is 21.0. The van der Waals surface area contributed by atoms with E-state index in [2.05, 4.69) is 26.1 Å². The Kier molecular flexibility index (Phi) is 4.56. The zero-order valence-corrected chi connectivity index (χ0v) is 18.5. The quantitative estimate of drug-likeness (QED) is 0.397. The third-order valence-electron chi connectivity index (χ3n) is 5.09. The molecule has 30 heavy (non-hydrogen) atoms. The van der Waals surface area contributed by atoms with E-state index in [9.17, 15) is 9.59 Å². The summed E-state index contributed by atoms with van der Waals surface area (Å²) in [6, 6.07) is 13.9. The maximum atomic E-state index is 13.4. The van der Waals surface area contributed by atoms with E-state index in [0.717, 1.165) is 15.0 Å². The number of aromatic nitrogens is 2. The van der Waals surface area contributed by atoms with Gasteiger partial charge in [0.1, 0.15) is 10.6 Å². The van der Waals surface area contributed by atoms with Crippen LogP contribution in [0.2, 0.25) is 0 Å². The SMILES string of the molecule is CC(C)c1nnc(N2C(=O)c3oc4ccccc4c(=O)c3[C@H]2c2ccc(Br)cc2)s1. The van der Waals surface area contributed by atoms with Crippen LogP contribution in [0.3, 0.4) is 0 Å². The Hall–Kier alpha value is -2.84. The smallest absolute Gasteiger partial charge is 0.297 e. The molecule has 2 aromatic carbocycles. The number of benzene rings is 2. The van der Waals surface area contributed by atoms with Gasteiger partial charge in [-0.05, 0) is 29.8 Å². The molecule has 5 rings (SSSR count). The molecule has 0 N–H and O–H groups in total. The summed E-state index contributed by atoms with van der Waals surface area (Å²) < 4.78 is 6.84. The van der Waals surface area contributed by atoms with Gasteiger partial charge >= 0.3 is 0 Å². The molecule has 0 unspecified atom stereocenters. The van der Waals surface area contributed by atoms with Crippen LogP contribution >= 0.6 is 27.3 Å². The fraction of sp³-hybridized carbons (Fsp3) is 0.182. The molecule has 0 aliphatic carbocycles. The van der Waals surface area contributed by atoms with Gasteiger partial charge in [-0.3, -0.25) is 14.5 Å². The van der Waals surface area contributed by atoms with E-state index >= 15 is 0 Å². The van der Waals surface area contributed by atoms with Crippen molar-refractivity contribution in [2.24, 2.45) is 0 Å². The second kappa shape index (κ2) is 7.14. The molecule has 0 saturated carbocycles. The number of para-hydroxylation sites is 1. The largest absolute Gasteiger partial charge is 0.450 e. The van der Waals surface area contributed by atoms with Crippen molar-refractivity contribution in [3.63, 3.8) is 0 Å². The summed E-state index contributed by atoms with van der Waals surface area (Å²) in [5, 5.41) is 10.2. The minimum atomic E-state index is -0.630. The summed E-state index contributed by atoms with van der Waals surface area (Å²) in [7, 11) is 0. The van der Waals surface area contributed by atoms with Crippen LogP contribution in [-0.4, -0.2) is 16.1 Å². The van der Waals surface area contributed by atoms with Gasteiger partial charge in [0, 0.05) is 10.4 Å². The van der Waals surface area contributed by atoms with Crippen molar-refractivity contribution < 1.29 is 9.21 Å². The number of hydrogen-bond acceptors (Lipinski definition) is 6. The number of halogens is 1. The molecule has 1 aliphatic heterocycles. The number of nitrogens with zero attached hydrogens (tertiary/aromatic N) is 3. The van der Waals surface area contributed by atoms with Gasteiger partial charge in [-0.25, -0.2) is 0 Å². The van der Waals surface area contributed by atoms with Gasteiger partial charge in [0.05, 0.1) is 17.0 Å². The summed E-state index contributed by atoms with van der Waals surface area (Å²) in [4.78, 5) is 28.4. The van der Waals surface area contributed by atoms with Crippen molar-refractivity contribution >= 4 is 49.3 Å². The summed E-state index contributed by atoms with van der Waals surface area (Å²) in [6.45, 7) is 4.05. The van der Waals surface area contributed by atoms with Gasteiger partial charge in [0.2, 0.25) is 10.9 Å². The maximum absolute atomic E-state index is 13.4. The highest BCUT2D eigenvalue weighted by Gasteiger charge is 2.45. The molecule has 8 heteroatoms. The van der Waals surface area contributed by atoms with Crippen molar-refractivity contribution in [3.05, 3.63) is 85.1 Å². The van der Waals surface area contributed by atoms with E-state index in [4.69, 9.17) is 4.42 Å². The summed E-state index contributed by atoms with van der Waals surface area (Å²) >= 11 is 4.80. The summed E-state index contributed by atoms with van der Waals surface area (Å²) in [5.41, 5.74) is 1.33. The van der Waals surface area contributed by atoms with E-state index in [1.54, 1.807) is 24.3 Å². The van der Waals surface area contributed by atoms with E-state index in [0.29, 0.717) is 21.7 Å². The molecule has 4 aromatic rings. The third kappa shape index (κ3) is 2.90. The predicted octanol–water partition coefficient (Wildman–Crippen LogP) is 5.28. The van der Waals surface area contributed by atoms with Crippen molar-refractivity contribution in [1.82, 2.24) is 10.2 Å². The van der Waals surface area contributed by atoms with E-state index in [1.807, 2.05) is 38.1 Å². The van der Waals surface area contributed by atoms with E-state index in [1.165, 1.54) is 16.2 Å². The Balaban J connectivity index is 1.78. The number of fused-ring (bicyclic) bond motifs is 2. The first-order valence-corrected chi connectivity index (χ1v) is 11.0. The second-order valence-electron chi connectivity index (χ2n) is 7.38. The summed E-state index contributed by atoms with van der Waals surface area (Å²) in [6.07, 6.45) is 0. The van der Waals surface area contributed by atoms with Gasteiger partial charge in [-0.1, -0.05) is 65.4 Å². The number of rotatable bonds is 3. The normalized spacial score (nSPS) is 15.9. The average Bonchev–Trinajstić information content (AvgIpc) is 3.33. The van der Waals surface area contributed by atoms with Gasteiger partial charge in [0.25, 0.3) is 5.91 Å². The van der Waals surface area contributed by atoms with E-state index < -0.39 is 6.04 Å². The van der Waals surface area contributed by atoms with Crippen LogP contribution in [0.25, 0.3) is 11.0 Å². The molecular formula is C22H16BrN3O3S. The highest BCUT2D eigenvalue weighted by atomic mass is 79.9. The fourth-order valence-electron chi connectivity index (χ4n) is 3.63. The van der Waals surface area contributed by atoms with Crippen molar-refractivity contribution in [1.29, 1.82) is 0 Å². The molecule has 6 nitrogen and oxygen atoms in total. The number of carbonyl (C=O) groups is 1. The van der Waals surface area contributed by atoms with Crippen LogP contribution in [0.1, 0.15) is 52.5 Å². The number of anilines is 1. The molecule has 0 fully saturated rings. The highest BCUT2D eigenvalue weighted by molar-refractivity contribution is 9.10. The molecule has 2 aromatic heterocycles. The molecule has 3 heterocycles. The van der Waals surface area contributed by atoms with E-state index in [-0.39, 0.29) is 23.0 Å². The Labute approximate surface area is 184 Å². The van der Waals surface area contributed by atoms with Crippen molar-refractivity contribution in [2.75, 3.05) is 4.90 Å². The number of amides is 1. The average molecular weight is 482 g/mol. The molecule has 150 valence electrons. The highest BCUT2D eigenvalue weighted by Crippen LogP contribution is 2.42. The van der Waals surface area contributed by atoms with Crippen LogP contribution in [0.5, 0.6) is 0 Å². The number of hydrogen-bond donors (Lipinski definition) is 0. The van der Waals surface area contributed by atoms with Gasteiger partial charge in [-0.2, -0.15) is 0 Å². The molecule has 1 aliphatic rings. The molecule has 1 atom stereocenters. The first-order chi connectivity index (χ1) is 14.5. The molecule has 0 radical (unpaired) electrons. The lowest BCUT2D eigenvalue weighted by Gasteiger charge is -2.22. The lowest BCUT2D eigenvalue weighted by molar-refractivity contribution is 0.0970. The minimum absolute atomic E-state index is 0.0629. The Morgan fingerprint density at radius 1 is 1.07 bits per heavy atom. The van der Waals surface area contributed by atoms with Crippen LogP contribution in [0.4, 0.5) is 5.13 Å². The van der Waals surface area contributed by atoms with Crippen LogP contribution < -0.4 is 10.3 Å². The zero-order valence-electron chi connectivity index (χ0n) is 16.1. The minimum Gasteiger partial charge on any atom is -0.450 e. The molecule has 0 spiro atoms. The molecule has 0 saturated heterocycles. The van der Waals surface area contributed by atoms with Gasteiger partial charge < -0.3 is 4.42 Å². The maximum Gasteiger partial charge on any atom is 0.297 e. The monoisotopic (exact) mass is 481 g/mol. The molecular weight excluding hydrogens is 466 g/mol.